The number of Topliss-reactive ketones (excluding diaryl/α,β-unsaturated/α-hetero) is 2. The number of ketones is 2. The molecule has 4 atom stereocenters. The van der Waals surface area contributed by atoms with Crippen LogP contribution in [0, 0.1) is 11.7 Å². The third kappa shape index (κ3) is 2.55. The normalized spacial score (nSPS) is 26.1. The molecule has 0 radical (unpaired) electrons. The maximum absolute atomic E-state index is 14.1. The zero-order valence-electron chi connectivity index (χ0n) is 18.2. The Bertz CT molecular complexity index is 1400. The summed E-state index contributed by atoms with van der Waals surface area (Å²) in [5.74, 6) is -2.40. The molecule has 4 unspecified atom stereocenters. The number of pyridine rings is 1. The van der Waals surface area contributed by atoms with Crippen molar-refractivity contribution in [3.05, 3.63) is 95.6 Å². The van der Waals surface area contributed by atoms with Gasteiger partial charge in [0.25, 0.3) is 0 Å². The van der Waals surface area contributed by atoms with Gasteiger partial charge in [0.2, 0.25) is 5.91 Å². The topological polar surface area (TPSA) is 79.4 Å². The van der Waals surface area contributed by atoms with E-state index in [9.17, 15) is 18.8 Å². The highest BCUT2D eigenvalue weighted by Gasteiger charge is 2.70. The van der Waals surface area contributed by atoms with E-state index in [1.165, 1.54) is 25.3 Å². The highest BCUT2D eigenvalue weighted by atomic mass is 19.1. The van der Waals surface area contributed by atoms with Crippen molar-refractivity contribution in [1.82, 2.24) is 4.98 Å². The van der Waals surface area contributed by atoms with E-state index >= 15 is 0 Å². The second-order valence-corrected chi connectivity index (χ2v) is 8.90. The maximum atomic E-state index is 14.1. The van der Waals surface area contributed by atoms with Gasteiger partial charge in [0.15, 0.2) is 11.6 Å². The highest BCUT2D eigenvalue weighted by Crippen LogP contribution is 2.57. The van der Waals surface area contributed by atoms with Crippen LogP contribution in [-0.2, 0) is 15.0 Å². The molecule has 3 aliphatic heterocycles. The Morgan fingerprint density at radius 3 is 2.65 bits per heavy atom. The Labute approximate surface area is 195 Å². The molecule has 0 saturated carbocycles. The first-order valence-electron chi connectivity index (χ1n) is 11.1. The molecule has 4 heterocycles. The first kappa shape index (κ1) is 20.5. The van der Waals surface area contributed by atoms with E-state index < -0.39 is 29.2 Å². The monoisotopic (exact) mass is 453 g/mol. The first-order valence-corrected chi connectivity index (χ1v) is 11.1. The molecule has 2 aromatic carbocycles. The Kier molecular flexibility index (Phi) is 4.33. The lowest BCUT2D eigenvalue weighted by atomic mass is 9.64. The molecular formula is C27H20FN3O3. The van der Waals surface area contributed by atoms with Gasteiger partial charge in [0.05, 0.1) is 18.0 Å². The Hall–Kier alpha value is -4.13. The summed E-state index contributed by atoms with van der Waals surface area (Å²) in [6.45, 7) is 1.43. The highest BCUT2D eigenvalue weighted by molar-refractivity contribution is 6.16. The van der Waals surface area contributed by atoms with Crippen molar-refractivity contribution < 1.29 is 18.8 Å². The molecular weight excluding hydrogens is 433 g/mol. The van der Waals surface area contributed by atoms with Crippen LogP contribution in [0.5, 0.6) is 0 Å². The van der Waals surface area contributed by atoms with Gasteiger partial charge in [0, 0.05) is 23.1 Å². The van der Waals surface area contributed by atoms with Crippen molar-refractivity contribution in [2.45, 2.75) is 24.4 Å². The summed E-state index contributed by atoms with van der Waals surface area (Å²) in [6, 6.07) is 15.1. The van der Waals surface area contributed by atoms with Crippen LogP contribution in [0.2, 0.25) is 0 Å². The molecule has 6 rings (SSSR count). The second-order valence-electron chi connectivity index (χ2n) is 8.90. The number of carbonyl (C=O) groups excluding carboxylic acids is 3. The number of anilines is 2. The van der Waals surface area contributed by atoms with Gasteiger partial charge in [-0.1, -0.05) is 36.4 Å². The molecule has 34 heavy (non-hydrogen) atoms. The fourth-order valence-corrected chi connectivity index (χ4v) is 5.97. The average molecular weight is 453 g/mol. The molecule has 7 heteroatoms. The molecule has 1 aromatic heterocycles. The van der Waals surface area contributed by atoms with E-state index in [0.717, 1.165) is 0 Å². The van der Waals surface area contributed by atoms with Crippen LogP contribution in [0.4, 0.5) is 15.8 Å². The van der Waals surface area contributed by atoms with E-state index in [-0.39, 0.29) is 23.2 Å². The summed E-state index contributed by atoms with van der Waals surface area (Å²) in [6.07, 6.45) is 5.09. The van der Waals surface area contributed by atoms with Crippen LogP contribution in [-0.4, -0.2) is 34.5 Å². The number of carbonyl (C=O) groups is 3. The lowest BCUT2D eigenvalue weighted by molar-refractivity contribution is -0.122. The Morgan fingerprint density at radius 1 is 1.09 bits per heavy atom. The zero-order chi connectivity index (χ0) is 23.6. The lowest BCUT2D eigenvalue weighted by Crippen LogP contribution is -2.51. The van der Waals surface area contributed by atoms with Crippen LogP contribution < -0.4 is 10.2 Å². The number of benzene rings is 2. The van der Waals surface area contributed by atoms with Crippen molar-refractivity contribution in [2.24, 2.45) is 5.92 Å². The Balaban J connectivity index is 1.67. The van der Waals surface area contributed by atoms with Crippen LogP contribution in [0.15, 0.2) is 72.9 Å². The predicted molar refractivity (Wildman–Crippen MR) is 125 cm³/mol. The number of para-hydroxylation sites is 1. The zero-order valence-corrected chi connectivity index (χ0v) is 18.2. The number of hydrogen-bond donors (Lipinski definition) is 1. The molecule has 1 spiro atoms. The van der Waals surface area contributed by atoms with Gasteiger partial charge in [0.1, 0.15) is 16.9 Å². The van der Waals surface area contributed by atoms with Gasteiger partial charge >= 0.3 is 0 Å². The van der Waals surface area contributed by atoms with Gasteiger partial charge in [-0.05, 0) is 48.9 Å². The molecule has 1 fully saturated rings. The minimum atomic E-state index is -1.36. The van der Waals surface area contributed by atoms with E-state index in [4.69, 9.17) is 0 Å². The molecule has 3 aliphatic rings. The van der Waals surface area contributed by atoms with Crippen molar-refractivity contribution in [2.75, 3.05) is 10.2 Å². The van der Waals surface area contributed by atoms with Crippen LogP contribution in [0.25, 0.3) is 6.08 Å². The predicted octanol–water partition coefficient (Wildman–Crippen LogP) is 3.78. The van der Waals surface area contributed by atoms with Gasteiger partial charge < -0.3 is 10.2 Å². The van der Waals surface area contributed by atoms with E-state index in [1.54, 1.807) is 36.4 Å². The minimum absolute atomic E-state index is 0.193. The number of fused-ring (bicyclic) bond motifs is 6. The number of amides is 1. The number of nitrogens with one attached hydrogen (secondary N) is 1. The fourth-order valence-electron chi connectivity index (χ4n) is 5.97. The second kappa shape index (κ2) is 7.18. The van der Waals surface area contributed by atoms with Gasteiger partial charge in [-0.2, -0.15) is 0 Å². The molecule has 3 aromatic rings. The van der Waals surface area contributed by atoms with Gasteiger partial charge in [-0.3, -0.25) is 19.4 Å². The third-order valence-corrected chi connectivity index (χ3v) is 7.21. The minimum Gasteiger partial charge on any atom is -0.352 e. The molecule has 6 nitrogen and oxygen atoms in total. The number of hydrogen-bond acceptors (Lipinski definition) is 5. The summed E-state index contributed by atoms with van der Waals surface area (Å²) in [7, 11) is 0. The van der Waals surface area contributed by atoms with Crippen molar-refractivity contribution in [3.8, 4) is 0 Å². The van der Waals surface area contributed by atoms with E-state index in [0.29, 0.717) is 22.5 Å². The number of nitrogens with zero attached hydrogens (tertiary/aromatic N) is 2. The molecule has 0 aliphatic carbocycles. The van der Waals surface area contributed by atoms with E-state index in [2.05, 4.69) is 10.3 Å². The van der Waals surface area contributed by atoms with Crippen molar-refractivity contribution >= 4 is 34.9 Å². The first-order chi connectivity index (χ1) is 16.4. The summed E-state index contributed by atoms with van der Waals surface area (Å²) in [5.41, 5.74) is 1.33. The summed E-state index contributed by atoms with van der Waals surface area (Å²) < 4.78 is 14.0. The van der Waals surface area contributed by atoms with Crippen LogP contribution in [0.1, 0.15) is 28.5 Å². The molecule has 1 amide bonds. The number of rotatable bonds is 3. The fraction of sp³-hybridized carbons (Fsp3) is 0.185. The largest absolute Gasteiger partial charge is 0.352 e. The molecule has 168 valence electrons. The summed E-state index contributed by atoms with van der Waals surface area (Å²) >= 11 is 0. The summed E-state index contributed by atoms with van der Waals surface area (Å²) in [4.78, 5) is 47.3. The Morgan fingerprint density at radius 2 is 1.88 bits per heavy atom. The molecule has 1 saturated heterocycles. The standard InChI is InChI=1S/C27H20FN3O3/c1-15(32)24-23(25(33)20-8-4-5-13-29-20)27(18-6-2-3-7-19(18)30-26(27)34)22-12-9-16-14-17(28)10-11-21(16)31(22)24/h2-14,22-24H,1H3,(H,30,34). The van der Waals surface area contributed by atoms with Crippen LogP contribution in [0.3, 0.4) is 0 Å². The van der Waals surface area contributed by atoms with Crippen LogP contribution >= 0.6 is 0 Å². The quantitative estimate of drug-likeness (QED) is 0.611. The number of halogens is 1. The van der Waals surface area contributed by atoms with Gasteiger partial charge in [-0.15, -0.1) is 0 Å². The number of aromatic nitrogens is 1. The van der Waals surface area contributed by atoms with Crippen molar-refractivity contribution in [3.63, 3.8) is 0 Å². The average Bonchev–Trinajstić information content (AvgIpc) is 3.32. The SMILES string of the molecule is CC(=O)C1C(C(=O)c2ccccn2)C2(C(=O)Nc3ccccc32)C2C=Cc3cc(F)ccc3N12. The lowest BCUT2D eigenvalue weighted by Gasteiger charge is -2.37. The molecule has 0 bridgehead atoms. The smallest absolute Gasteiger partial charge is 0.238 e. The van der Waals surface area contributed by atoms with E-state index in [1.807, 2.05) is 29.2 Å². The third-order valence-electron chi connectivity index (χ3n) is 7.21. The maximum Gasteiger partial charge on any atom is 0.238 e. The van der Waals surface area contributed by atoms with Gasteiger partial charge in [-0.25, -0.2) is 4.39 Å². The molecule has 1 N–H and O–H groups in total. The van der Waals surface area contributed by atoms with Crippen molar-refractivity contribution in [1.29, 1.82) is 0 Å². The summed E-state index contributed by atoms with van der Waals surface area (Å²) in [5, 5.41) is 2.95.